The predicted molar refractivity (Wildman–Crippen MR) is 47.8 cm³/mol. The van der Waals surface area contributed by atoms with E-state index < -0.39 is 5.97 Å². The highest BCUT2D eigenvalue weighted by molar-refractivity contribution is 5.71. The lowest BCUT2D eigenvalue weighted by Crippen LogP contribution is -2.18. The van der Waals surface area contributed by atoms with Crippen LogP contribution in [0.1, 0.15) is 26.7 Å². The van der Waals surface area contributed by atoms with Gasteiger partial charge in [-0.25, -0.2) is 0 Å². The fourth-order valence-corrected chi connectivity index (χ4v) is 2.11. The van der Waals surface area contributed by atoms with Gasteiger partial charge in [-0.2, -0.15) is 0 Å². The number of hydrogen-bond acceptors (Lipinski definition) is 1. The lowest BCUT2D eigenvalue weighted by Gasteiger charge is -2.14. The average molecular weight is 168 g/mol. The van der Waals surface area contributed by atoms with Gasteiger partial charge in [-0.3, -0.25) is 4.79 Å². The van der Waals surface area contributed by atoms with Crippen LogP contribution < -0.4 is 0 Å². The van der Waals surface area contributed by atoms with Gasteiger partial charge in [0.2, 0.25) is 0 Å². The summed E-state index contributed by atoms with van der Waals surface area (Å²) in [6.07, 6.45) is 1.80. The Morgan fingerprint density at radius 2 is 1.92 bits per heavy atom. The zero-order chi connectivity index (χ0) is 9.30. The third-order valence-electron chi connectivity index (χ3n) is 2.75. The van der Waals surface area contributed by atoms with Crippen molar-refractivity contribution in [3.8, 4) is 0 Å². The first kappa shape index (κ1) is 9.30. The molecule has 12 heavy (non-hydrogen) atoms. The molecule has 3 atom stereocenters. The maximum Gasteiger partial charge on any atom is 0.307 e. The van der Waals surface area contributed by atoms with Crippen LogP contribution in [0.4, 0.5) is 0 Å². The first-order valence-corrected chi connectivity index (χ1v) is 4.40. The summed E-state index contributed by atoms with van der Waals surface area (Å²) < 4.78 is 0. The van der Waals surface area contributed by atoms with Crippen LogP contribution in [-0.4, -0.2) is 11.1 Å². The van der Waals surface area contributed by atoms with Crippen molar-refractivity contribution in [2.75, 3.05) is 0 Å². The highest BCUT2D eigenvalue weighted by Crippen LogP contribution is 2.39. The second kappa shape index (κ2) is 3.30. The number of aliphatic carboxylic acids is 1. The predicted octanol–water partition coefficient (Wildman–Crippen LogP) is 2.31. The van der Waals surface area contributed by atoms with Crippen molar-refractivity contribution in [2.45, 2.75) is 26.7 Å². The topological polar surface area (TPSA) is 37.3 Å². The van der Waals surface area contributed by atoms with Gasteiger partial charge in [0, 0.05) is 0 Å². The Bertz CT molecular complexity index is 186. The third-order valence-corrected chi connectivity index (χ3v) is 2.75. The molecule has 1 fully saturated rings. The minimum absolute atomic E-state index is 0.183. The number of allylic oxidation sites excluding steroid dienone is 1. The second-order valence-corrected chi connectivity index (χ2v) is 3.97. The molecule has 1 saturated carbocycles. The summed E-state index contributed by atoms with van der Waals surface area (Å²) in [4.78, 5) is 10.8. The lowest BCUT2D eigenvalue weighted by atomic mass is 9.90. The van der Waals surface area contributed by atoms with Crippen molar-refractivity contribution in [1.29, 1.82) is 0 Å². The quantitative estimate of drug-likeness (QED) is 0.642. The van der Waals surface area contributed by atoms with Crippen LogP contribution in [0.25, 0.3) is 0 Å². The molecule has 0 bridgehead atoms. The normalized spacial score (nSPS) is 35.0. The molecule has 0 amide bonds. The van der Waals surface area contributed by atoms with Crippen LogP contribution in [0.2, 0.25) is 0 Å². The Labute approximate surface area is 73.3 Å². The number of carbonyl (C=O) groups is 1. The first-order chi connectivity index (χ1) is 5.52. The van der Waals surface area contributed by atoms with Gasteiger partial charge in [0.1, 0.15) is 0 Å². The molecule has 1 rings (SSSR count). The molecule has 1 aliphatic carbocycles. The van der Waals surface area contributed by atoms with Gasteiger partial charge in [0.25, 0.3) is 0 Å². The van der Waals surface area contributed by atoms with Crippen LogP contribution in [0, 0.1) is 17.8 Å². The number of rotatable bonds is 2. The molecule has 68 valence electrons. The monoisotopic (exact) mass is 168 g/mol. The summed E-state index contributed by atoms with van der Waals surface area (Å²) in [5.41, 5.74) is 1.02. The van der Waals surface area contributed by atoms with Gasteiger partial charge < -0.3 is 5.11 Å². The maximum absolute atomic E-state index is 10.8. The van der Waals surface area contributed by atoms with E-state index in [0.717, 1.165) is 18.4 Å². The minimum Gasteiger partial charge on any atom is -0.481 e. The van der Waals surface area contributed by atoms with Crippen molar-refractivity contribution in [2.24, 2.45) is 17.8 Å². The maximum atomic E-state index is 10.8. The summed E-state index contributed by atoms with van der Waals surface area (Å²) in [6, 6.07) is 0. The van der Waals surface area contributed by atoms with Crippen LogP contribution in [0.15, 0.2) is 12.2 Å². The number of carboxylic acid groups (broad SMARTS) is 1. The highest BCUT2D eigenvalue weighted by Gasteiger charge is 2.36. The molecule has 0 radical (unpaired) electrons. The van der Waals surface area contributed by atoms with Gasteiger partial charge in [-0.15, -0.1) is 0 Å². The van der Waals surface area contributed by atoms with E-state index in [1.807, 2.05) is 6.92 Å². The Balaban J connectivity index is 2.72. The zero-order valence-electron chi connectivity index (χ0n) is 7.71. The van der Waals surface area contributed by atoms with Crippen LogP contribution in [0.3, 0.4) is 0 Å². The van der Waals surface area contributed by atoms with Crippen molar-refractivity contribution in [3.63, 3.8) is 0 Å². The summed E-state index contributed by atoms with van der Waals surface area (Å²) in [6.45, 7) is 7.88. The standard InChI is InChI=1S/C10H16O2/c1-6(2)8-4-7(3)5-9(8)10(11)12/h7-9H,1,4-5H2,2-3H3,(H,11,12)/t7?,8-,9-/m1/s1. The number of hydrogen-bond donors (Lipinski definition) is 1. The minimum atomic E-state index is -0.660. The fourth-order valence-electron chi connectivity index (χ4n) is 2.11. The molecule has 0 aromatic rings. The average Bonchev–Trinajstić information content (AvgIpc) is 2.31. The van der Waals surface area contributed by atoms with E-state index in [2.05, 4.69) is 13.5 Å². The molecule has 1 aliphatic rings. The van der Waals surface area contributed by atoms with Crippen molar-refractivity contribution >= 4 is 5.97 Å². The Hall–Kier alpha value is -0.790. The van der Waals surface area contributed by atoms with E-state index in [-0.39, 0.29) is 11.8 Å². The number of carboxylic acids is 1. The van der Waals surface area contributed by atoms with Crippen LogP contribution in [-0.2, 0) is 4.79 Å². The van der Waals surface area contributed by atoms with Gasteiger partial charge in [-0.1, -0.05) is 19.1 Å². The molecule has 0 aliphatic heterocycles. The zero-order valence-corrected chi connectivity index (χ0v) is 7.71. The van der Waals surface area contributed by atoms with Gasteiger partial charge >= 0.3 is 5.97 Å². The SMILES string of the molecule is C=C(C)[C@H]1CC(C)C[C@H]1C(=O)O. The molecule has 1 unspecified atom stereocenters. The molecule has 0 saturated heterocycles. The summed E-state index contributed by atoms with van der Waals surface area (Å²) in [5, 5.41) is 8.91. The fraction of sp³-hybridized carbons (Fsp3) is 0.700. The molecule has 0 spiro atoms. The molecule has 2 nitrogen and oxygen atoms in total. The lowest BCUT2D eigenvalue weighted by molar-refractivity contribution is -0.142. The third kappa shape index (κ3) is 1.68. The molecular formula is C10H16O2. The van der Waals surface area contributed by atoms with Crippen LogP contribution >= 0.6 is 0 Å². The van der Waals surface area contributed by atoms with E-state index >= 15 is 0 Å². The van der Waals surface area contributed by atoms with Crippen molar-refractivity contribution in [1.82, 2.24) is 0 Å². The Morgan fingerprint density at radius 1 is 1.42 bits per heavy atom. The molecule has 1 N–H and O–H groups in total. The summed E-state index contributed by atoms with van der Waals surface area (Å²) >= 11 is 0. The highest BCUT2D eigenvalue weighted by atomic mass is 16.4. The Kier molecular flexibility index (Phi) is 2.55. The first-order valence-electron chi connectivity index (χ1n) is 4.40. The Morgan fingerprint density at radius 3 is 2.25 bits per heavy atom. The van der Waals surface area contributed by atoms with Crippen molar-refractivity contribution in [3.05, 3.63) is 12.2 Å². The van der Waals surface area contributed by atoms with Crippen molar-refractivity contribution < 1.29 is 9.90 Å². The molecule has 2 heteroatoms. The summed E-state index contributed by atoms with van der Waals surface area (Å²) in [7, 11) is 0. The van der Waals surface area contributed by atoms with E-state index in [9.17, 15) is 4.79 Å². The molecular weight excluding hydrogens is 152 g/mol. The molecule has 0 aromatic carbocycles. The van der Waals surface area contributed by atoms with E-state index in [4.69, 9.17) is 5.11 Å². The van der Waals surface area contributed by atoms with E-state index in [1.165, 1.54) is 0 Å². The largest absolute Gasteiger partial charge is 0.481 e. The van der Waals surface area contributed by atoms with E-state index in [0.29, 0.717) is 5.92 Å². The summed E-state index contributed by atoms with van der Waals surface area (Å²) in [5.74, 6) is -0.102. The van der Waals surface area contributed by atoms with E-state index in [1.54, 1.807) is 0 Å². The van der Waals surface area contributed by atoms with Gasteiger partial charge in [0.15, 0.2) is 0 Å². The second-order valence-electron chi connectivity index (χ2n) is 3.97. The molecule has 0 aromatic heterocycles. The van der Waals surface area contributed by atoms with Crippen LogP contribution in [0.5, 0.6) is 0 Å². The van der Waals surface area contributed by atoms with Gasteiger partial charge in [-0.05, 0) is 31.6 Å². The van der Waals surface area contributed by atoms with Gasteiger partial charge in [0.05, 0.1) is 5.92 Å². The smallest absolute Gasteiger partial charge is 0.307 e. The molecule has 0 heterocycles.